The number of halogens is 1. The third-order valence-electron chi connectivity index (χ3n) is 4.23. The maximum Gasteiger partial charge on any atom is 0.246 e. The number of nitrogens with zero attached hydrogens (tertiary/aromatic N) is 2. The number of rotatable bonds is 3. The maximum atomic E-state index is 12.4. The third kappa shape index (κ3) is 4.26. The van der Waals surface area contributed by atoms with Gasteiger partial charge in [-0.3, -0.25) is 4.79 Å². The monoisotopic (exact) mass is 384 g/mol. The van der Waals surface area contributed by atoms with Gasteiger partial charge in [-0.25, -0.2) is 0 Å². The molecule has 2 aromatic rings. The Bertz CT molecular complexity index is 749. The largest absolute Gasteiger partial charge is 0.368 e. The second kappa shape index (κ2) is 7.67. The van der Waals surface area contributed by atoms with Gasteiger partial charge in [0.15, 0.2) is 0 Å². The van der Waals surface area contributed by atoms with Crippen molar-refractivity contribution in [3.8, 4) is 0 Å². The Labute approximate surface area is 151 Å². The van der Waals surface area contributed by atoms with Gasteiger partial charge in [0.25, 0.3) is 0 Å². The topological polar surface area (TPSA) is 23.6 Å². The Morgan fingerprint density at radius 3 is 2.50 bits per heavy atom. The molecule has 0 spiro atoms. The van der Waals surface area contributed by atoms with Gasteiger partial charge in [-0.2, -0.15) is 0 Å². The van der Waals surface area contributed by atoms with Crippen LogP contribution in [0.25, 0.3) is 6.08 Å². The molecule has 0 aliphatic carbocycles. The Kier molecular flexibility index (Phi) is 5.36. The molecule has 4 heteroatoms. The van der Waals surface area contributed by atoms with E-state index in [1.54, 1.807) is 6.08 Å². The Morgan fingerprint density at radius 2 is 1.79 bits per heavy atom. The smallest absolute Gasteiger partial charge is 0.246 e. The molecule has 2 aromatic carbocycles. The van der Waals surface area contributed by atoms with E-state index in [0.717, 1.165) is 36.2 Å². The summed E-state index contributed by atoms with van der Waals surface area (Å²) in [4.78, 5) is 16.6. The van der Waals surface area contributed by atoms with Crippen molar-refractivity contribution in [3.63, 3.8) is 0 Å². The van der Waals surface area contributed by atoms with Crippen LogP contribution >= 0.6 is 15.9 Å². The zero-order valence-electron chi connectivity index (χ0n) is 13.8. The second-order valence-corrected chi connectivity index (χ2v) is 6.96. The van der Waals surface area contributed by atoms with Gasteiger partial charge in [0.2, 0.25) is 5.91 Å². The summed E-state index contributed by atoms with van der Waals surface area (Å²) in [5.74, 6) is 0.0823. The molecule has 1 aliphatic rings. The van der Waals surface area contributed by atoms with E-state index in [4.69, 9.17) is 0 Å². The van der Waals surface area contributed by atoms with Crippen molar-refractivity contribution >= 4 is 33.6 Å². The molecule has 0 saturated carbocycles. The summed E-state index contributed by atoms with van der Waals surface area (Å²) < 4.78 is 1.02. The Hall–Kier alpha value is -2.07. The molecule has 3 rings (SSSR count). The summed E-state index contributed by atoms with van der Waals surface area (Å²) in [7, 11) is 0. The van der Waals surface area contributed by atoms with E-state index in [1.165, 1.54) is 11.3 Å². The van der Waals surface area contributed by atoms with Crippen molar-refractivity contribution in [2.45, 2.75) is 6.92 Å². The van der Waals surface area contributed by atoms with Crippen molar-refractivity contribution in [2.75, 3.05) is 31.1 Å². The van der Waals surface area contributed by atoms with Crippen LogP contribution in [0, 0.1) is 6.92 Å². The predicted octanol–water partition coefficient (Wildman–Crippen LogP) is 4.12. The number of anilines is 1. The number of amides is 1. The number of carbonyl (C=O) groups excluding carboxylic acids is 1. The SMILES string of the molecule is Cc1cccc(N2CCN(C(=O)/C=C/c3cccc(Br)c3)CC2)c1. The van der Waals surface area contributed by atoms with Gasteiger partial charge < -0.3 is 9.80 Å². The first-order valence-corrected chi connectivity index (χ1v) is 8.95. The zero-order chi connectivity index (χ0) is 16.9. The van der Waals surface area contributed by atoms with Crippen LogP contribution in [0.15, 0.2) is 59.1 Å². The molecule has 0 aromatic heterocycles. The van der Waals surface area contributed by atoms with Crippen LogP contribution in [-0.2, 0) is 4.79 Å². The molecule has 1 saturated heterocycles. The summed E-state index contributed by atoms with van der Waals surface area (Å²) in [5.41, 5.74) is 3.53. The van der Waals surface area contributed by atoms with Crippen molar-refractivity contribution in [3.05, 3.63) is 70.2 Å². The van der Waals surface area contributed by atoms with E-state index in [2.05, 4.69) is 52.0 Å². The highest BCUT2D eigenvalue weighted by Gasteiger charge is 2.19. The summed E-state index contributed by atoms with van der Waals surface area (Å²) in [6, 6.07) is 16.5. The molecule has 3 nitrogen and oxygen atoms in total. The molecule has 1 heterocycles. The standard InChI is InChI=1S/C20H21BrN2O/c1-16-4-2-7-19(14-16)22-10-12-23(13-11-22)20(24)9-8-17-5-3-6-18(21)15-17/h2-9,14-15H,10-13H2,1H3/b9-8+. The molecule has 0 atom stereocenters. The molecule has 0 N–H and O–H groups in total. The van der Waals surface area contributed by atoms with Gasteiger partial charge in [0.05, 0.1) is 0 Å². The zero-order valence-corrected chi connectivity index (χ0v) is 15.4. The van der Waals surface area contributed by atoms with Crippen molar-refractivity contribution in [1.29, 1.82) is 0 Å². The van der Waals surface area contributed by atoms with Crippen molar-refractivity contribution < 1.29 is 4.79 Å². The Balaban J connectivity index is 1.57. The van der Waals surface area contributed by atoms with E-state index in [1.807, 2.05) is 35.2 Å². The van der Waals surface area contributed by atoms with Crippen LogP contribution < -0.4 is 4.90 Å². The molecule has 0 radical (unpaired) electrons. The molecule has 24 heavy (non-hydrogen) atoms. The highest BCUT2D eigenvalue weighted by Crippen LogP contribution is 2.18. The van der Waals surface area contributed by atoms with Crippen LogP contribution in [0.4, 0.5) is 5.69 Å². The van der Waals surface area contributed by atoms with Crippen LogP contribution in [0.2, 0.25) is 0 Å². The average molecular weight is 385 g/mol. The fourth-order valence-electron chi connectivity index (χ4n) is 2.89. The highest BCUT2D eigenvalue weighted by molar-refractivity contribution is 9.10. The molecular weight excluding hydrogens is 364 g/mol. The van der Waals surface area contributed by atoms with Crippen LogP contribution in [0.5, 0.6) is 0 Å². The average Bonchev–Trinajstić information content (AvgIpc) is 2.60. The minimum atomic E-state index is 0.0823. The summed E-state index contributed by atoms with van der Waals surface area (Å²) in [6.07, 6.45) is 3.55. The van der Waals surface area contributed by atoms with E-state index < -0.39 is 0 Å². The van der Waals surface area contributed by atoms with Crippen molar-refractivity contribution in [2.24, 2.45) is 0 Å². The van der Waals surface area contributed by atoms with Crippen LogP contribution in [0.3, 0.4) is 0 Å². The second-order valence-electron chi connectivity index (χ2n) is 6.04. The molecule has 0 unspecified atom stereocenters. The molecule has 0 bridgehead atoms. The van der Waals surface area contributed by atoms with E-state index in [9.17, 15) is 4.79 Å². The minimum absolute atomic E-state index is 0.0823. The first-order chi connectivity index (χ1) is 11.6. The van der Waals surface area contributed by atoms with E-state index >= 15 is 0 Å². The predicted molar refractivity (Wildman–Crippen MR) is 103 cm³/mol. The quantitative estimate of drug-likeness (QED) is 0.743. The normalized spacial score (nSPS) is 15.1. The van der Waals surface area contributed by atoms with Gasteiger partial charge in [0.1, 0.15) is 0 Å². The molecular formula is C20H21BrN2O. The number of benzene rings is 2. The van der Waals surface area contributed by atoms with Crippen LogP contribution in [0.1, 0.15) is 11.1 Å². The first-order valence-electron chi connectivity index (χ1n) is 8.16. The van der Waals surface area contributed by atoms with E-state index in [0.29, 0.717) is 0 Å². The van der Waals surface area contributed by atoms with Crippen LogP contribution in [-0.4, -0.2) is 37.0 Å². The lowest BCUT2D eigenvalue weighted by molar-refractivity contribution is -0.126. The number of piperazine rings is 1. The molecule has 124 valence electrons. The van der Waals surface area contributed by atoms with E-state index in [-0.39, 0.29) is 5.91 Å². The summed E-state index contributed by atoms with van der Waals surface area (Å²) in [5, 5.41) is 0. The minimum Gasteiger partial charge on any atom is -0.368 e. The molecule has 1 fully saturated rings. The lowest BCUT2D eigenvalue weighted by atomic mass is 10.2. The molecule has 1 amide bonds. The lowest BCUT2D eigenvalue weighted by Gasteiger charge is -2.35. The number of hydrogen-bond donors (Lipinski definition) is 0. The van der Waals surface area contributed by atoms with Crippen molar-refractivity contribution in [1.82, 2.24) is 4.90 Å². The highest BCUT2D eigenvalue weighted by atomic mass is 79.9. The first kappa shape index (κ1) is 16.8. The fourth-order valence-corrected chi connectivity index (χ4v) is 3.31. The number of carbonyl (C=O) groups is 1. The lowest BCUT2D eigenvalue weighted by Crippen LogP contribution is -2.48. The van der Waals surface area contributed by atoms with Gasteiger partial charge in [-0.1, -0.05) is 40.2 Å². The van der Waals surface area contributed by atoms with Gasteiger partial charge in [-0.15, -0.1) is 0 Å². The number of aryl methyl sites for hydroxylation is 1. The fraction of sp³-hybridized carbons (Fsp3) is 0.250. The van der Waals surface area contributed by atoms with Gasteiger partial charge >= 0.3 is 0 Å². The third-order valence-corrected chi connectivity index (χ3v) is 4.72. The van der Waals surface area contributed by atoms with Gasteiger partial charge in [-0.05, 0) is 48.4 Å². The Morgan fingerprint density at radius 1 is 1.04 bits per heavy atom. The summed E-state index contributed by atoms with van der Waals surface area (Å²) in [6.45, 7) is 5.38. The molecule has 1 aliphatic heterocycles. The maximum absolute atomic E-state index is 12.4. The number of hydrogen-bond acceptors (Lipinski definition) is 2. The van der Waals surface area contributed by atoms with Gasteiger partial charge in [0, 0.05) is 42.4 Å². The summed E-state index contributed by atoms with van der Waals surface area (Å²) >= 11 is 3.44.